The summed E-state index contributed by atoms with van der Waals surface area (Å²) in [5.41, 5.74) is 1.40. The first kappa shape index (κ1) is 16.8. The Morgan fingerprint density at radius 3 is 2.42 bits per heavy atom. The van der Waals surface area contributed by atoms with Crippen LogP contribution in [0.25, 0.3) is 0 Å². The number of halogens is 3. The van der Waals surface area contributed by atoms with Gasteiger partial charge < -0.3 is 10.2 Å². The maximum Gasteiger partial charge on any atom is 0.434 e. The number of carbonyl (C=O) groups excluding carboxylic acids is 1. The van der Waals surface area contributed by atoms with Crippen molar-refractivity contribution in [3.63, 3.8) is 0 Å². The average Bonchev–Trinajstić information content (AvgIpc) is 3.06. The number of thiazole rings is 1. The Balaban J connectivity index is 1.70. The van der Waals surface area contributed by atoms with Crippen molar-refractivity contribution >= 4 is 28.6 Å². The fraction of sp³-hybridized carbons (Fsp3) is 0.375. The van der Waals surface area contributed by atoms with Crippen LogP contribution < -0.4 is 10.2 Å². The predicted molar refractivity (Wildman–Crippen MR) is 87.6 cm³/mol. The summed E-state index contributed by atoms with van der Waals surface area (Å²) in [4.78, 5) is 17.2. The van der Waals surface area contributed by atoms with E-state index in [1.165, 1.54) is 6.42 Å². The molecule has 8 heteroatoms. The molecule has 2 heterocycles. The lowest BCUT2D eigenvalue weighted by molar-refractivity contribution is -0.141. The third-order valence-corrected chi connectivity index (χ3v) is 4.71. The average molecular weight is 355 g/mol. The number of hydrogen-bond donors (Lipinski definition) is 1. The Bertz CT molecular complexity index is 706. The topological polar surface area (TPSA) is 45.2 Å². The molecule has 0 radical (unpaired) electrons. The Morgan fingerprint density at radius 2 is 1.79 bits per heavy atom. The molecule has 0 bridgehead atoms. The highest BCUT2D eigenvalue weighted by atomic mass is 32.1. The third-order valence-electron chi connectivity index (χ3n) is 3.89. The summed E-state index contributed by atoms with van der Waals surface area (Å²) in [6.45, 7) is 2.00. The maximum absolute atomic E-state index is 12.8. The Hall–Kier alpha value is -2.09. The van der Waals surface area contributed by atoms with Crippen LogP contribution in [0.15, 0.2) is 29.8 Å². The van der Waals surface area contributed by atoms with Crippen LogP contribution in [0, 0.1) is 0 Å². The fourth-order valence-corrected chi connectivity index (χ4v) is 3.41. The molecule has 1 saturated heterocycles. The molecule has 0 unspecified atom stereocenters. The van der Waals surface area contributed by atoms with Crippen molar-refractivity contribution in [1.29, 1.82) is 0 Å². The Morgan fingerprint density at radius 1 is 1.12 bits per heavy atom. The van der Waals surface area contributed by atoms with Crippen molar-refractivity contribution < 1.29 is 18.0 Å². The zero-order chi connectivity index (χ0) is 17.2. The van der Waals surface area contributed by atoms with Gasteiger partial charge in [-0.1, -0.05) is 0 Å². The van der Waals surface area contributed by atoms with Gasteiger partial charge in [-0.05, 0) is 43.5 Å². The highest BCUT2D eigenvalue weighted by molar-refractivity contribution is 7.12. The molecular formula is C16H16F3N3OS. The monoisotopic (exact) mass is 355 g/mol. The van der Waals surface area contributed by atoms with Gasteiger partial charge in [-0.2, -0.15) is 13.2 Å². The van der Waals surface area contributed by atoms with Gasteiger partial charge in [0.25, 0.3) is 5.91 Å². The van der Waals surface area contributed by atoms with Crippen LogP contribution in [0.2, 0.25) is 0 Å². The standard InChI is InChI=1S/C16H16F3N3OS/c17-16(18,19)14-13(24-10-20-14)15(23)21-11-4-6-12(7-5-11)22-8-2-1-3-9-22/h4-7,10H,1-3,8-9H2,(H,21,23). The number of aromatic nitrogens is 1. The maximum atomic E-state index is 12.8. The molecule has 1 aliphatic heterocycles. The number of amides is 1. The molecule has 4 nitrogen and oxygen atoms in total. The van der Waals surface area contributed by atoms with E-state index >= 15 is 0 Å². The van der Waals surface area contributed by atoms with Crippen LogP contribution in [0.1, 0.15) is 34.6 Å². The summed E-state index contributed by atoms with van der Waals surface area (Å²) in [5, 5.41) is 2.50. The summed E-state index contributed by atoms with van der Waals surface area (Å²) in [5.74, 6) is -0.796. The van der Waals surface area contributed by atoms with E-state index in [0.29, 0.717) is 17.0 Å². The minimum absolute atomic E-state index is 0.428. The number of piperidine rings is 1. The highest BCUT2D eigenvalue weighted by Crippen LogP contribution is 2.33. The van der Waals surface area contributed by atoms with Crippen molar-refractivity contribution in [3.05, 3.63) is 40.3 Å². The summed E-state index contributed by atoms with van der Waals surface area (Å²) in [6, 6.07) is 7.16. The van der Waals surface area contributed by atoms with Crippen molar-refractivity contribution in [1.82, 2.24) is 4.98 Å². The number of nitrogens with zero attached hydrogens (tertiary/aromatic N) is 2. The molecule has 1 amide bonds. The molecule has 0 spiro atoms. The van der Waals surface area contributed by atoms with E-state index < -0.39 is 22.7 Å². The van der Waals surface area contributed by atoms with Crippen LogP contribution in [-0.4, -0.2) is 24.0 Å². The first-order valence-electron chi connectivity index (χ1n) is 7.62. The molecular weight excluding hydrogens is 339 g/mol. The third kappa shape index (κ3) is 3.69. The van der Waals surface area contributed by atoms with Gasteiger partial charge in [0.2, 0.25) is 0 Å². The molecule has 1 fully saturated rings. The van der Waals surface area contributed by atoms with Gasteiger partial charge in [-0.3, -0.25) is 4.79 Å². The molecule has 1 aromatic carbocycles. The molecule has 2 aromatic rings. The van der Waals surface area contributed by atoms with E-state index in [1.807, 2.05) is 12.1 Å². The second-order valence-corrected chi connectivity index (χ2v) is 6.43. The van der Waals surface area contributed by atoms with Gasteiger partial charge in [0.1, 0.15) is 4.88 Å². The van der Waals surface area contributed by atoms with E-state index in [-0.39, 0.29) is 0 Å². The lowest BCUT2D eigenvalue weighted by Gasteiger charge is -2.28. The van der Waals surface area contributed by atoms with Gasteiger partial charge in [-0.15, -0.1) is 11.3 Å². The van der Waals surface area contributed by atoms with Crippen molar-refractivity contribution in [3.8, 4) is 0 Å². The van der Waals surface area contributed by atoms with E-state index in [2.05, 4.69) is 15.2 Å². The summed E-state index contributed by atoms with van der Waals surface area (Å²) >= 11 is 0.678. The van der Waals surface area contributed by atoms with Crippen molar-refractivity contribution in [2.45, 2.75) is 25.4 Å². The van der Waals surface area contributed by atoms with Crippen LogP contribution >= 0.6 is 11.3 Å². The first-order valence-corrected chi connectivity index (χ1v) is 8.50. The summed E-state index contributed by atoms with van der Waals surface area (Å²) in [6.07, 6.45) is -1.08. The zero-order valence-corrected chi connectivity index (χ0v) is 13.6. The normalized spacial score (nSPS) is 15.4. The minimum Gasteiger partial charge on any atom is -0.372 e. The highest BCUT2D eigenvalue weighted by Gasteiger charge is 2.38. The number of carbonyl (C=O) groups is 1. The molecule has 3 rings (SSSR count). The number of rotatable bonds is 3. The van der Waals surface area contributed by atoms with E-state index in [9.17, 15) is 18.0 Å². The first-order chi connectivity index (χ1) is 11.4. The molecule has 0 atom stereocenters. The Kier molecular flexibility index (Phi) is 4.75. The van der Waals surface area contributed by atoms with Gasteiger partial charge in [-0.25, -0.2) is 4.98 Å². The second-order valence-electron chi connectivity index (χ2n) is 5.58. The quantitative estimate of drug-likeness (QED) is 0.887. The molecule has 1 aromatic heterocycles. The zero-order valence-electron chi connectivity index (χ0n) is 12.8. The lowest BCUT2D eigenvalue weighted by atomic mass is 10.1. The van der Waals surface area contributed by atoms with E-state index in [1.54, 1.807) is 12.1 Å². The van der Waals surface area contributed by atoms with E-state index in [4.69, 9.17) is 0 Å². The van der Waals surface area contributed by atoms with Gasteiger partial charge in [0.15, 0.2) is 5.69 Å². The predicted octanol–water partition coefficient (Wildman–Crippen LogP) is 4.40. The van der Waals surface area contributed by atoms with Crippen LogP contribution in [0.4, 0.5) is 24.5 Å². The number of alkyl halides is 3. The number of hydrogen-bond acceptors (Lipinski definition) is 4. The molecule has 24 heavy (non-hydrogen) atoms. The fourth-order valence-electron chi connectivity index (χ4n) is 2.70. The summed E-state index contributed by atoms with van der Waals surface area (Å²) < 4.78 is 38.4. The van der Waals surface area contributed by atoms with Gasteiger partial charge in [0.05, 0.1) is 5.51 Å². The molecule has 128 valence electrons. The minimum atomic E-state index is -4.63. The van der Waals surface area contributed by atoms with Crippen molar-refractivity contribution in [2.24, 2.45) is 0 Å². The molecule has 0 aliphatic carbocycles. The number of benzene rings is 1. The molecule has 1 N–H and O–H groups in total. The van der Waals surface area contributed by atoms with Crippen LogP contribution in [0.5, 0.6) is 0 Å². The Labute approximate surface area is 141 Å². The SMILES string of the molecule is O=C(Nc1ccc(N2CCCCC2)cc1)c1scnc1C(F)(F)F. The lowest BCUT2D eigenvalue weighted by Crippen LogP contribution is -2.29. The largest absolute Gasteiger partial charge is 0.434 e. The smallest absolute Gasteiger partial charge is 0.372 e. The summed E-state index contributed by atoms with van der Waals surface area (Å²) in [7, 11) is 0. The van der Waals surface area contributed by atoms with Crippen LogP contribution in [0.3, 0.4) is 0 Å². The number of anilines is 2. The molecule has 1 aliphatic rings. The molecule has 0 saturated carbocycles. The van der Waals surface area contributed by atoms with Gasteiger partial charge in [0, 0.05) is 24.5 Å². The van der Waals surface area contributed by atoms with E-state index in [0.717, 1.165) is 37.1 Å². The van der Waals surface area contributed by atoms with Crippen molar-refractivity contribution in [2.75, 3.05) is 23.3 Å². The number of nitrogens with one attached hydrogen (secondary N) is 1. The van der Waals surface area contributed by atoms with Crippen LogP contribution in [-0.2, 0) is 6.18 Å². The second kappa shape index (κ2) is 6.80. The van der Waals surface area contributed by atoms with Gasteiger partial charge >= 0.3 is 6.18 Å².